The van der Waals surface area contributed by atoms with Gasteiger partial charge in [0, 0.05) is 23.8 Å². The van der Waals surface area contributed by atoms with Crippen molar-refractivity contribution >= 4 is 33.2 Å². The molecule has 0 bridgehead atoms. The van der Waals surface area contributed by atoms with Crippen molar-refractivity contribution in [3.63, 3.8) is 0 Å². The number of halogens is 1. The molecule has 0 saturated carbocycles. The van der Waals surface area contributed by atoms with Crippen LogP contribution in [0.2, 0.25) is 5.02 Å². The highest BCUT2D eigenvalue weighted by Crippen LogP contribution is 2.27. The van der Waals surface area contributed by atoms with E-state index in [1.54, 1.807) is 11.8 Å². The Morgan fingerprint density at radius 2 is 1.65 bits per heavy atom. The van der Waals surface area contributed by atoms with Crippen LogP contribution in [0.5, 0.6) is 0 Å². The first-order valence-electron chi connectivity index (χ1n) is 8.38. The zero-order valence-electron chi connectivity index (χ0n) is 14.9. The van der Waals surface area contributed by atoms with Gasteiger partial charge in [-0.2, -0.15) is 4.31 Å². The van der Waals surface area contributed by atoms with E-state index in [2.05, 4.69) is 0 Å². The molecular weight excluding hydrogens is 372 g/mol. The number of piperazine rings is 1. The normalized spacial score (nSPS) is 19.0. The van der Waals surface area contributed by atoms with Crippen LogP contribution in [-0.2, 0) is 14.8 Å². The molecule has 1 atom stereocenters. The molecule has 0 unspecified atom stereocenters. The van der Waals surface area contributed by atoms with Crippen LogP contribution in [0.4, 0.5) is 5.69 Å². The zero-order valence-corrected chi connectivity index (χ0v) is 16.5. The molecule has 1 aliphatic rings. The number of nitrogens with zero attached hydrogens (tertiary/aromatic N) is 2. The molecule has 1 amide bonds. The monoisotopic (exact) mass is 392 g/mol. The van der Waals surface area contributed by atoms with Crippen LogP contribution in [-0.4, -0.2) is 37.8 Å². The number of carbonyl (C=O) groups is 1. The van der Waals surface area contributed by atoms with Crippen molar-refractivity contribution in [2.24, 2.45) is 0 Å². The highest BCUT2D eigenvalue weighted by Gasteiger charge is 2.39. The molecule has 26 heavy (non-hydrogen) atoms. The number of aryl methyl sites for hydroxylation is 2. The minimum atomic E-state index is -3.75. The van der Waals surface area contributed by atoms with Gasteiger partial charge in [0.2, 0.25) is 15.9 Å². The van der Waals surface area contributed by atoms with Crippen LogP contribution < -0.4 is 4.90 Å². The third-order valence-electron chi connectivity index (χ3n) is 4.82. The standard InChI is InChI=1S/C19H21ClN2O3S/c1-13-4-7-17(12-14(13)2)21-10-11-22(15(3)19(21)23)26(24,25)18-8-5-16(20)6-9-18/h4-9,12,15H,10-11H2,1-3H3/t15-/m0/s1. The summed E-state index contributed by atoms with van der Waals surface area (Å²) in [5.41, 5.74) is 3.05. The van der Waals surface area contributed by atoms with E-state index in [1.165, 1.54) is 28.6 Å². The summed E-state index contributed by atoms with van der Waals surface area (Å²) >= 11 is 5.84. The van der Waals surface area contributed by atoms with E-state index < -0.39 is 16.1 Å². The first-order chi connectivity index (χ1) is 12.2. The summed E-state index contributed by atoms with van der Waals surface area (Å²) in [7, 11) is -3.75. The molecule has 7 heteroatoms. The molecule has 2 aromatic carbocycles. The molecule has 0 radical (unpaired) electrons. The first kappa shape index (κ1) is 18.9. The first-order valence-corrected chi connectivity index (χ1v) is 10.2. The molecule has 1 heterocycles. The van der Waals surface area contributed by atoms with Crippen LogP contribution in [0.1, 0.15) is 18.1 Å². The van der Waals surface area contributed by atoms with E-state index in [0.29, 0.717) is 11.6 Å². The Kier molecular flexibility index (Phi) is 5.10. The van der Waals surface area contributed by atoms with Crippen molar-refractivity contribution in [2.45, 2.75) is 31.7 Å². The maximum absolute atomic E-state index is 12.9. The summed E-state index contributed by atoms with van der Waals surface area (Å²) in [5, 5.41) is 0.465. The molecule has 1 aliphatic heterocycles. The van der Waals surface area contributed by atoms with Gasteiger partial charge in [-0.3, -0.25) is 4.79 Å². The van der Waals surface area contributed by atoms with Gasteiger partial charge in [0.15, 0.2) is 0 Å². The van der Waals surface area contributed by atoms with E-state index in [1.807, 2.05) is 32.0 Å². The molecule has 2 aromatic rings. The Morgan fingerprint density at radius 3 is 2.27 bits per heavy atom. The lowest BCUT2D eigenvalue weighted by Gasteiger charge is -2.38. The van der Waals surface area contributed by atoms with E-state index in [0.717, 1.165) is 16.8 Å². The predicted molar refractivity (Wildman–Crippen MR) is 103 cm³/mol. The average molecular weight is 393 g/mol. The minimum Gasteiger partial charge on any atom is -0.310 e. The predicted octanol–water partition coefficient (Wildman–Crippen LogP) is 3.38. The van der Waals surface area contributed by atoms with Crippen molar-refractivity contribution in [1.82, 2.24) is 4.31 Å². The number of sulfonamides is 1. The van der Waals surface area contributed by atoms with Crippen molar-refractivity contribution in [3.8, 4) is 0 Å². The van der Waals surface area contributed by atoms with Crippen molar-refractivity contribution in [1.29, 1.82) is 0 Å². The summed E-state index contributed by atoms with van der Waals surface area (Å²) < 4.78 is 27.1. The molecule has 0 aliphatic carbocycles. The van der Waals surface area contributed by atoms with Gasteiger partial charge < -0.3 is 4.90 Å². The van der Waals surface area contributed by atoms with E-state index in [-0.39, 0.29) is 17.3 Å². The van der Waals surface area contributed by atoms with Gasteiger partial charge in [0.05, 0.1) is 4.90 Å². The molecule has 1 saturated heterocycles. The lowest BCUT2D eigenvalue weighted by atomic mass is 10.1. The van der Waals surface area contributed by atoms with Crippen molar-refractivity contribution in [2.75, 3.05) is 18.0 Å². The summed E-state index contributed by atoms with van der Waals surface area (Å²) in [6.07, 6.45) is 0. The minimum absolute atomic E-state index is 0.140. The second-order valence-electron chi connectivity index (χ2n) is 6.50. The number of hydrogen-bond donors (Lipinski definition) is 0. The molecular formula is C19H21ClN2O3S. The Labute approximate surface area is 159 Å². The summed E-state index contributed by atoms with van der Waals surface area (Å²) in [4.78, 5) is 14.7. The van der Waals surface area contributed by atoms with Crippen LogP contribution in [0, 0.1) is 13.8 Å². The van der Waals surface area contributed by atoms with Gasteiger partial charge in [0.1, 0.15) is 6.04 Å². The Morgan fingerprint density at radius 1 is 1.00 bits per heavy atom. The number of carbonyl (C=O) groups excluding carboxylic acids is 1. The highest BCUT2D eigenvalue weighted by molar-refractivity contribution is 7.89. The van der Waals surface area contributed by atoms with Crippen LogP contribution in [0.3, 0.4) is 0 Å². The molecule has 138 valence electrons. The van der Waals surface area contributed by atoms with Crippen LogP contribution in [0.25, 0.3) is 0 Å². The summed E-state index contributed by atoms with van der Waals surface area (Å²) in [6, 6.07) is 11.1. The Hall–Kier alpha value is -1.89. The second-order valence-corrected chi connectivity index (χ2v) is 8.83. The summed E-state index contributed by atoms with van der Waals surface area (Å²) in [6.45, 7) is 6.19. The molecule has 0 N–H and O–H groups in total. The lowest BCUT2D eigenvalue weighted by Crippen LogP contribution is -2.57. The van der Waals surface area contributed by atoms with Gasteiger partial charge in [-0.05, 0) is 68.3 Å². The van der Waals surface area contributed by atoms with Crippen LogP contribution >= 0.6 is 11.6 Å². The third kappa shape index (κ3) is 3.37. The van der Waals surface area contributed by atoms with Crippen molar-refractivity contribution < 1.29 is 13.2 Å². The van der Waals surface area contributed by atoms with E-state index in [4.69, 9.17) is 11.6 Å². The van der Waals surface area contributed by atoms with Gasteiger partial charge in [0.25, 0.3) is 0 Å². The Bertz CT molecular complexity index is 942. The number of hydrogen-bond acceptors (Lipinski definition) is 3. The fourth-order valence-corrected chi connectivity index (χ4v) is 4.78. The fraction of sp³-hybridized carbons (Fsp3) is 0.316. The number of rotatable bonds is 3. The molecule has 0 spiro atoms. The average Bonchev–Trinajstić information content (AvgIpc) is 2.60. The maximum Gasteiger partial charge on any atom is 0.245 e. The SMILES string of the molecule is Cc1ccc(N2CCN(S(=O)(=O)c3ccc(Cl)cc3)[C@@H](C)C2=O)cc1C. The topological polar surface area (TPSA) is 57.7 Å². The van der Waals surface area contributed by atoms with Gasteiger partial charge in [-0.25, -0.2) is 8.42 Å². The summed E-state index contributed by atoms with van der Waals surface area (Å²) in [5.74, 6) is -0.225. The van der Waals surface area contributed by atoms with Crippen LogP contribution in [0.15, 0.2) is 47.4 Å². The number of benzene rings is 2. The largest absolute Gasteiger partial charge is 0.310 e. The van der Waals surface area contributed by atoms with Gasteiger partial charge in [-0.15, -0.1) is 0 Å². The number of amides is 1. The van der Waals surface area contributed by atoms with Gasteiger partial charge >= 0.3 is 0 Å². The van der Waals surface area contributed by atoms with E-state index in [9.17, 15) is 13.2 Å². The molecule has 5 nitrogen and oxygen atoms in total. The number of anilines is 1. The lowest BCUT2D eigenvalue weighted by molar-refractivity contribution is -0.123. The second kappa shape index (κ2) is 7.02. The van der Waals surface area contributed by atoms with Crippen molar-refractivity contribution in [3.05, 3.63) is 58.6 Å². The molecule has 1 fully saturated rings. The Balaban J connectivity index is 1.87. The van der Waals surface area contributed by atoms with Gasteiger partial charge in [-0.1, -0.05) is 17.7 Å². The molecule has 3 rings (SSSR count). The molecule has 0 aromatic heterocycles. The highest BCUT2D eigenvalue weighted by atomic mass is 35.5. The third-order valence-corrected chi connectivity index (χ3v) is 7.06. The maximum atomic E-state index is 12.9. The zero-order chi connectivity index (χ0) is 19.1. The quantitative estimate of drug-likeness (QED) is 0.804. The smallest absolute Gasteiger partial charge is 0.245 e. The van der Waals surface area contributed by atoms with E-state index >= 15 is 0 Å². The fourth-order valence-electron chi connectivity index (χ4n) is 3.07.